The van der Waals surface area contributed by atoms with Gasteiger partial charge in [0.15, 0.2) is 4.34 Å². The van der Waals surface area contributed by atoms with Crippen LogP contribution < -0.4 is 5.32 Å². The smallest absolute Gasteiger partial charge is 0.174 e. The SMILES string of the molecule is N#CC1(NC2CC2)CCCC(Sc2nncs2)C1. The van der Waals surface area contributed by atoms with E-state index in [1.807, 2.05) is 0 Å². The molecule has 2 saturated carbocycles. The van der Waals surface area contributed by atoms with Gasteiger partial charge in [0.1, 0.15) is 11.0 Å². The summed E-state index contributed by atoms with van der Waals surface area (Å²) in [6.45, 7) is 0. The minimum absolute atomic E-state index is 0.290. The number of hydrogen-bond acceptors (Lipinski definition) is 6. The molecule has 1 N–H and O–H groups in total. The van der Waals surface area contributed by atoms with E-state index in [-0.39, 0.29) is 5.54 Å². The maximum absolute atomic E-state index is 9.51. The fourth-order valence-corrected chi connectivity index (χ4v) is 4.64. The van der Waals surface area contributed by atoms with Gasteiger partial charge in [-0.3, -0.25) is 5.32 Å². The van der Waals surface area contributed by atoms with Crippen molar-refractivity contribution in [3.8, 4) is 6.07 Å². The van der Waals surface area contributed by atoms with Gasteiger partial charge in [0, 0.05) is 11.3 Å². The van der Waals surface area contributed by atoms with E-state index in [9.17, 15) is 5.26 Å². The number of nitrogens with one attached hydrogen (secondary N) is 1. The highest BCUT2D eigenvalue weighted by molar-refractivity contribution is 8.01. The average molecular weight is 280 g/mol. The van der Waals surface area contributed by atoms with Crippen LogP contribution in [-0.2, 0) is 0 Å². The van der Waals surface area contributed by atoms with Crippen molar-refractivity contribution in [2.24, 2.45) is 0 Å². The Balaban J connectivity index is 1.64. The Labute approximate surface area is 115 Å². The number of hydrogen-bond donors (Lipinski definition) is 1. The van der Waals surface area contributed by atoms with Gasteiger partial charge in [-0.25, -0.2) is 0 Å². The van der Waals surface area contributed by atoms with Crippen molar-refractivity contribution in [2.45, 2.75) is 59.7 Å². The molecule has 2 aliphatic rings. The molecule has 0 aliphatic heterocycles. The normalized spacial score (nSPS) is 32.1. The largest absolute Gasteiger partial charge is 0.297 e. The van der Waals surface area contributed by atoms with E-state index in [2.05, 4.69) is 21.6 Å². The highest BCUT2D eigenvalue weighted by Gasteiger charge is 2.40. The molecule has 0 amide bonds. The fourth-order valence-electron chi connectivity index (χ4n) is 2.57. The summed E-state index contributed by atoms with van der Waals surface area (Å²) >= 11 is 3.38. The lowest BCUT2D eigenvalue weighted by Gasteiger charge is -2.36. The van der Waals surface area contributed by atoms with Gasteiger partial charge in [-0.2, -0.15) is 5.26 Å². The zero-order chi connectivity index (χ0) is 12.4. The Morgan fingerprint density at radius 3 is 3.06 bits per heavy atom. The van der Waals surface area contributed by atoms with Gasteiger partial charge in [0.25, 0.3) is 0 Å². The third kappa shape index (κ3) is 2.85. The van der Waals surface area contributed by atoms with Gasteiger partial charge in [0.2, 0.25) is 0 Å². The molecule has 4 nitrogen and oxygen atoms in total. The minimum Gasteiger partial charge on any atom is -0.297 e. The molecule has 0 bridgehead atoms. The van der Waals surface area contributed by atoms with Crippen molar-refractivity contribution in [3.63, 3.8) is 0 Å². The molecule has 1 heterocycles. The van der Waals surface area contributed by atoms with Gasteiger partial charge in [-0.1, -0.05) is 23.1 Å². The number of nitrogens with zero attached hydrogens (tertiary/aromatic N) is 3. The summed E-state index contributed by atoms with van der Waals surface area (Å²) in [5.74, 6) is 0. The third-order valence-corrected chi connectivity index (χ3v) is 5.66. The molecule has 2 unspecified atom stereocenters. The van der Waals surface area contributed by atoms with Gasteiger partial charge in [-0.15, -0.1) is 10.2 Å². The second kappa shape index (κ2) is 5.16. The van der Waals surface area contributed by atoms with E-state index >= 15 is 0 Å². The molecule has 1 aromatic rings. The van der Waals surface area contributed by atoms with Crippen LogP contribution in [0.15, 0.2) is 9.85 Å². The van der Waals surface area contributed by atoms with Crippen molar-refractivity contribution in [3.05, 3.63) is 5.51 Å². The van der Waals surface area contributed by atoms with Crippen molar-refractivity contribution in [2.75, 3.05) is 0 Å². The van der Waals surface area contributed by atoms with Crippen LogP contribution in [0.2, 0.25) is 0 Å². The first-order valence-corrected chi connectivity index (χ1v) is 8.17. The molecular weight excluding hydrogens is 264 g/mol. The van der Waals surface area contributed by atoms with Crippen LogP contribution in [0.4, 0.5) is 0 Å². The predicted molar refractivity (Wildman–Crippen MR) is 72.5 cm³/mol. The van der Waals surface area contributed by atoms with Crippen LogP contribution >= 0.6 is 23.1 Å². The van der Waals surface area contributed by atoms with Crippen LogP contribution in [0.1, 0.15) is 38.5 Å². The molecule has 1 aromatic heterocycles. The number of thioether (sulfide) groups is 1. The topological polar surface area (TPSA) is 61.6 Å². The molecule has 2 fully saturated rings. The van der Waals surface area contributed by atoms with Gasteiger partial charge in [-0.05, 0) is 38.5 Å². The maximum atomic E-state index is 9.51. The third-order valence-electron chi connectivity index (χ3n) is 3.59. The van der Waals surface area contributed by atoms with Gasteiger partial charge < -0.3 is 0 Å². The number of rotatable bonds is 4. The van der Waals surface area contributed by atoms with E-state index in [1.165, 1.54) is 19.3 Å². The fraction of sp³-hybridized carbons (Fsp3) is 0.750. The average Bonchev–Trinajstić information content (AvgIpc) is 3.03. The van der Waals surface area contributed by atoms with Crippen molar-refractivity contribution < 1.29 is 0 Å². The quantitative estimate of drug-likeness (QED) is 0.918. The van der Waals surface area contributed by atoms with Crippen LogP contribution in [-0.4, -0.2) is 27.0 Å². The van der Waals surface area contributed by atoms with Crippen molar-refractivity contribution >= 4 is 23.1 Å². The number of nitriles is 1. The van der Waals surface area contributed by atoms with Gasteiger partial charge >= 0.3 is 0 Å². The summed E-state index contributed by atoms with van der Waals surface area (Å²) in [5.41, 5.74) is 1.48. The van der Waals surface area contributed by atoms with Crippen molar-refractivity contribution in [1.29, 1.82) is 5.26 Å². The molecule has 0 spiro atoms. The lowest BCUT2D eigenvalue weighted by atomic mass is 9.82. The Kier molecular flexibility index (Phi) is 3.55. The van der Waals surface area contributed by atoms with Crippen LogP contribution in [0.3, 0.4) is 0 Å². The summed E-state index contributed by atoms with van der Waals surface area (Å²) < 4.78 is 1.03. The predicted octanol–water partition coefficient (Wildman–Crippen LogP) is 2.59. The summed E-state index contributed by atoms with van der Waals surface area (Å²) in [4.78, 5) is 0. The standard InChI is InChI=1S/C12H16N4S2/c13-7-12(15-9-3-4-9)5-1-2-10(6-12)18-11-16-14-8-17-11/h8-10,15H,1-6H2. The highest BCUT2D eigenvalue weighted by Crippen LogP contribution is 2.39. The van der Waals surface area contributed by atoms with E-state index in [1.54, 1.807) is 28.6 Å². The molecule has 2 atom stereocenters. The first-order chi connectivity index (χ1) is 8.80. The molecule has 0 radical (unpaired) electrons. The Bertz CT molecular complexity index is 437. The Morgan fingerprint density at radius 1 is 1.50 bits per heavy atom. The Hall–Kier alpha value is -0.640. The molecule has 96 valence electrons. The lowest BCUT2D eigenvalue weighted by molar-refractivity contribution is 0.301. The second-order valence-corrected chi connectivity index (χ2v) is 7.53. The number of aromatic nitrogens is 2. The van der Waals surface area contributed by atoms with E-state index in [4.69, 9.17) is 0 Å². The molecule has 6 heteroatoms. The van der Waals surface area contributed by atoms with Crippen LogP contribution in [0.5, 0.6) is 0 Å². The Morgan fingerprint density at radius 2 is 2.39 bits per heavy atom. The summed E-state index contributed by atoms with van der Waals surface area (Å²) in [6, 6.07) is 3.13. The first-order valence-electron chi connectivity index (χ1n) is 6.41. The zero-order valence-corrected chi connectivity index (χ0v) is 11.8. The monoisotopic (exact) mass is 280 g/mol. The first kappa shape index (κ1) is 12.4. The van der Waals surface area contributed by atoms with Crippen LogP contribution in [0.25, 0.3) is 0 Å². The molecule has 3 rings (SSSR count). The van der Waals surface area contributed by atoms with Crippen LogP contribution in [0, 0.1) is 11.3 Å². The van der Waals surface area contributed by atoms with E-state index in [0.717, 1.165) is 23.6 Å². The second-order valence-electron chi connectivity index (χ2n) is 5.15. The van der Waals surface area contributed by atoms with Gasteiger partial charge in [0.05, 0.1) is 6.07 Å². The van der Waals surface area contributed by atoms with Crippen molar-refractivity contribution in [1.82, 2.24) is 15.5 Å². The lowest BCUT2D eigenvalue weighted by Crippen LogP contribution is -2.49. The molecule has 2 aliphatic carbocycles. The molecular formula is C12H16N4S2. The minimum atomic E-state index is -0.290. The molecule has 0 saturated heterocycles. The summed E-state index contributed by atoms with van der Waals surface area (Å²) in [5, 5.41) is 21.5. The maximum Gasteiger partial charge on any atom is 0.174 e. The zero-order valence-electron chi connectivity index (χ0n) is 10.1. The summed E-state index contributed by atoms with van der Waals surface area (Å²) in [6.07, 6.45) is 6.70. The molecule has 0 aromatic carbocycles. The molecule has 18 heavy (non-hydrogen) atoms. The van der Waals surface area contributed by atoms with E-state index < -0.39 is 0 Å². The summed E-state index contributed by atoms with van der Waals surface area (Å²) in [7, 11) is 0. The highest BCUT2D eigenvalue weighted by atomic mass is 32.2. The van der Waals surface area contributed by atoms with E-state index in [0.29, 0.717) is 11.3 Å².